The highest BCUT2D eigenvalue weighted by atomic mass is 16.5. The Labute approximate surface area is 211 Å². The van der Waals surface area contributed by atoms with Gasteiger partial charge < -0.3 is 20.1 Å². The molecule has 0 saturated heterocycles. The van der Waals surface area contributed by atoms with Gasteiger partial charge in [0.1, 0.15) is 5.76 Å². The van der Waals surface area contributed by atoms with Gasteiger partial charge in [-0.1, -0.05) is 30.9 Å². The lowest BCUT2D eigenvalue weighted by molar-refractivity contribution is -0.131. The van der Waals surface area contributed by atoms with Crippen LogP contribution in [0.4, 0.5) is 5.69 Å². The van der Waals surface area contributed by atoms with Crippen LogP contribution in [0.5, 0.6) is 0 Å². The van der Waals surface area contributed by atoms with E-state index in [1.807, 2.05) is 13.8 Å². The topological polar surface area (TPSA) is 108 Å². The molecule has 1 aliphatic rings. The van der Waals surface area contributed by atoms with Crippen LogP contribution in [0.1, 0.15) is 30.6 Å². The predicted octanol–water partition coefficient (Wildman–Crippen LogP) is 4.48. The van der Waals surface area contributed by atoms with E-state index in [2.05, 4.69) is 16.9 Å². The molecular weight excluding hydrogens is 458 g/mol. The number of hydrogen-bond acceptors (Lipinski definition) is 6. The van der Waals surface area contributed by atoms with Crippen molar-refractivity contribution < 1.29 is 24.2 Å². The maximum absolute atomic E-state index is 12.5. The number of rotatable bonds is 12. The Morgan fingerprint density at radius 1 is 1.25 bits per heavy atom. The summed E-state index contributed by atoms with van der Waals surface area (Å²) in [4.78, 5) is 43.1. The molecule has 1 aliphatic heterocycles. The number of aliphatic hydroxyl groups excluding tert-OH is 1. The molecule has 36 heavy (non-hydrogen) atoms. The lowest BCUT2D eigenvalue weighted by atomic mass is 10.1. The fraction of sp³-hybridized carbons (Fsp3) is 0.214. The first-order valence-corrected chi connectivity index (χ1v) is 11.4. The van der Waals surface area contributed by atoms with Crippen molar-refractivity contribution in [3.63, 3.8) is 0 Å². The van der Waals surface area contributed by atoms with Gasteiger partial charge in [-0.15, -0.1) is 0 Å². The standard InChI is InChI=1S/C28H31N3O5/c1-4-23(32)12-9-15-30-28(35)24-13-5-6-14-25(24)29-16-10-17-31-20-26(33)22(19-27(31)34)11-7-8-18-36-21(2)3/h4-9,11-16,18-19,21,32H,1,10,17,20H2,2-3H3,(H,30,35)/b11-7-,15-9+,18-8+,23-12+,29-16?. The second kappa shape index (κ2) is 14.7. The summed E-state index contributed by atoms with van der Waals surface area (Å²) in [6.07, 6.45) is 15.4. The van der Waals surface area contributed by atoms with Gasteiger partial charge in [0.2, 0.25) is 5.91 Å². The number of aliphatic hydroxyl groups is 1. The van der Waals surface area contributed by atoms with Gasteiger partial charge in [0.05, 0.1) is 30.2 Å². The third-order valence-corrected chi connectivity index (χ3v) is 4.76. The molecule has 1 aromatic carbocycles. The van der Waals surface area contributed by atoms with Gasteiger partial charge in [-0.2, -0.15) is 0 Å². The normalized spacial score (nSPS) is 15.0. The summed E-state index contributed by atoms with van der Waals surface area (Å²) in [5.74, 6) is -0.772. The van der Waals surface area contributed by atoms with Crippen molar-refractivity contribution >= 4 is 29.5 Å². The molecule has 0 radical (unpaired) electrons. The van der Waals surface area contributed by atoms with Crippen LogP contribution in [-0.4, -0.2) is 53.0 Å². The zero-order valence-electron chi connectivity index (χ0n) is 20.5. The third kappa shape index (κ3) is 9.42. The summed E-state index contributed by atoms with van der Waals surface area (Å²) >= 11 is 0. The van der Waals surface area contributed by atoms with Gasteiger partial charge >= 0.3 is 0 Å². The van der Waals surface area contributed by atoms with E-state index in [9.17, 15) is 19.5 Å². The number of carbonyl (C=O) groups excluding carboxylic acids is 3. The van der Waals surface area contributed by atoms with Gasteiger partial charge in [-0.05, 0) is 50.3 Å². The van der Waals surface area contributed by atoms with Gasteiger partial charge in [0, 0.05) is 37.0 Å². The van der Waals surface area contributed by atoms with E-state index in [1.165, 1.54) is 41.7 Å². The van der Waals surface area contributed by atoms with Gasteiger partial charge in [-0.25, -0.2) is 0 Å². The fourth-order valence-corrected chi connectivity index (χ4v) is 2.96. The highest BCUT2D eigenvalue weighted by Gasteiger charge is 2.23. The molecule has 8 nitrogen and oxygen atoms in total. The highest BCUT2D eigenvalue weighted by molar-refractivity contribution is 6.10. The number of nitrogens with one attached hydrogen (secondary N) is 1. The van der Waals surface area contributed by atoms with E-state index < -0.39 is 0 Å². The molecule has 0 atom stereocenters. The molecule has 0 aromatic heterocycles. The Bertz CT molecular complexity index is 1140. The monoisotopic (exact) mass is 489 g/mol. The molecule has 2 amide bonds. The van der Waals surface area contributed by atoms with E-state index in [4.69, 9.17) is 4.74 Å². The quantitative estimate of drug-likeness (QED) is 0.256. The van der Waals surface area contributed by atoms with E-state index in [0.29, 0.717) is 29.8 Å². The van der Waals surface area contributed by atoms with Crippen molar-refractivity contribution in [3.8, 4) is 0 Å². The number of benzene rings is 1. The molecule has 1 aromatic rings. The first-order chi connectivity index (χ1) is 17.3. The van der Waals surface area contributed by atoms with Gasteiger partial charge in [0.15, 0.2) is 5.78 Å². The van der Waals surface area contributed by atoms with E-state index in [1.54, 1.807) is 48.7 Å². The first-order valence-electron chi connectivity index (χ1n) is 11.4. The van der Waals surface area contributed by atoms with Gasteiger partial charge in [-0.3, -0.25) is 19.4 Å². The Hall–Kier alpha value is -4.46. The van der Waals surface area contributed by atoms with Crippen molar-refractivity contribution in [2.75, 3.05) is 13.1 Å². The number of carbonyl (C=O) groups is 3. The minimum Gasteiger partial charge on any atom is -0.508 e. The maximum atomic E-state index is 12.5. The number of nitrogens with zero attached hydrogens (tertiary/aromatic N) is 2. The molecule has 0 fully saturated rings. The van der Waals surface area contributed by atoms with E-state index >= 15 is 0 Å². The van der Waals surface area contributed by atoms with Crippen LogP contribution in [0.3, 0.4) is 0 Å². The Kier molecular flexibility index (Phi) is 11.4. The Morgan fingerprint density at radius 3 is 2.78 bits per heavy atom. The number of para-hydroxylation sites is 1. The summed E-state index contributed by atoms with van der Waals surface area (Å²) in [6, 6.07) is 6.84. The average Bonchev–Trinajstić information content (AvgIpc) is 2.86. The van der Waals surface area contributed by atoms with Crippen molar-refractivity contribution in [1.29, 1.82) is 0 Å². The molecule has 0 spiro atoms. The lowest BCUT2D eigenvalue weighted by Gasteiger charge is -2.23. The van der Waals surface area contributed by atoms with E-state index in [0.717, 1.165) is 0 Å². The van der Waals surface area contributed by atoms with Crippen LogP contribution >= 0.6 is 0 Å². The summed E-state index contributed by atoms with van der Waals surface area (Å²) in [5.41, 5.74) is 1.19. The number of Topliss-reactive ketones (excluding diaryl/α,β-unsaturated/α-hetero) is 1. The highest BCUT2D eigenvalue weighted by Crippen LogP contribution is 2.18. The number of hydrogen-bond donors (Lipinski definition) is 2. The molecule has 0 bridgehead atoms. The van der Waals surface area contributed by atoms with Crippen LogP contribution < -0.4 is 5.32 Å². The van der Waals surface area contributed by atoms with E-state index in [-0.39, 0.29) is 36.0 Å². The molecule has 1 heterocycles. The fourth-order valence-electron chi connectivity index (χ4n) is 2.96. The molecule has 0 unspecified atom stereocenters. The van der Waals surface area contributed by atoms with Crippen molar-refractivity contribution in [2.24, 2.45) is 4.99 Å². The Morgan fingerprint density at radius 2 is 2.03 bits per heavy atom. The molecule has 188 valence electrons. The minimum atomic E-state index is -0.362. The smallest absolute Gasteiger partial charge is 0.257 e. The number of aliphatic imine (C=N–C) groups is 1. The first kappa shape index (κ1) is 27.8. The third-order valence-electron chi connectivity index (χ3n) is 4.76. The predicted molar refractivity (Wildman–Crippen MR) is 141 cm³/mol. The molecular formula is C28H31N3O5. The summed E-state index contributed by atoms with van der Waals surface area (Å²) in [6.45, 7) is 7.56. The maximum Gasteiger partial charge on any atom is 0.257 e. The lowest BCUT2D eigenvalue weighted by Crippen LogP contribution is -2.39. The zero-order chi connectivity index (χ0) is 26.3. The average molecular weight is 490 g/mol. The van der Waals surface area contributed by atoms with Crippen LogP contribution in [0, 0.1) is 0 Å². The molecule has 8 heteroatoms. The summed E-state index contributed by atoms with van der Waals surface area (Å²) in [5, 5.41) is 11.9. The Balaban J connectivity index is 1.92. The summed E-state index contributed by atoms with van der Waals surface area (Å²) in [7, 11) is 0. The largest absolute Gasteiger partial charge is 0.508 e. The van der Waals surface area contributed by atoms with Crippen LogP contribution in [0.2, 0.25) is 0 Å². The van der Waals surface area contributed by atoms with Crippen LogP contribution in [0.15, 0.2) is 102 Å². The van der Waals surface area contributed by atoms with Crippen molar-refractivity contribution in [1.82, 2.24) is 10.2 Å². The van der Waals surface area contributed by atoms with Gasteiger partial charge in [0.25, 0.3) is 5.91 Å². The minimum absolute atomic E-state index is 0.00373. The SMILES string of the molecule is C=C/C(O)=C\C=C\NC(=O)c1ccccc1N=CCCN1CC(=O)C(/C=C\C=C\OC(C)C)=CC1=O. The molecule has 0 saturated carbocycles. The molecule has 0 aliphatic carbocycles. The summed E-state index contributed by atoms with van der Waals surface area (Å²) < 4.78 is 5.27. The molecule has 2 N–H and O–H groups in total. The van der Waals surface area contributed by atoms with Crippen molar-refractivity contribution in [3.05, 3.63) is 103 Å². The van der Waals surface area contributed by atoms with Crippen molar-refractivity contribution in [2.45, 2.75) is 26.4 Å². The zero-order valence-corrected chi connectivity index (χ0v) is 20.5. The molecule has 2 rings (SSSR count). The number of allylic oxidation sites excluding steroid dienone is 6. The number of amides is 2. The second-order valence-electron chi connectivity index (χ2n) is 7.90. The van der Waals surface area contributed by atoms with Crippen LogP contribution in [-0.2, 0) is 14.3 Å². The van der Waals surface area contributed by atoms with Crippen LogP contribution in [0.25, 0.3) is 0 Å². The number of ether oxygens (including phenoxy) is 1. The number of ketones is 1. The second-order valence-corrected chi connectivity index (χ2v) is 7.90.